The summed E-state index contributed by atoms with van der Waals surface area (Å²) in [4.78, 5) is 0. The van der Waals surface area contributed by atoms with E-state index < -0.39 is 6.75 Å². The second-order valence-electron chi connectivity index (χ2n) is 2.28. The number of rotatable bonds is 3. The van der Waals surface area contributed by atoms with E-state index in [1.54, 1.807) is 6.92 Å². The molecule has 0 heterocycles. The van der Waals surface area contributed by atoms with Crippen molar-refractivity contribution in [3.8, 4) is 0 Å². The standard InChI is InChI=1S/C6H12BO4/c1-6(3-5-8)2-4-7(9,10)11/h2-4,8-11H,5H2,1H3/q-1/b4-2+,6-3+. The van der Waals surface area contributed by atoms with Gasteiger partial charge in [0.05, 0.1) is 6.61 Å². The van der Waals surface area contributed by atoms with E-state index in [-0.39, 0.29) is 6.61 Å². The molecule has 0 aromatic rings. The van der Waals surface area contributed by atoms with E-state index >= 15 is 0 Å². The molecule has 0 aliphatic heterocycles. The Balaban J connectivity index is 4.03. The molecule has 0 bridgehead atoms. The number of hydrogen-bond acceptors (Lipinski definition) is 4. The van der Waals surface area contributed by atoms with Crippen LogP contribution in [0, 0.1) is 0 Å². The third kappa shape index (κ3) is 7.28. The molecule has 0 fully saturated rings. The monoisotopic (exact) mass is 159 g/mol. The van der Waals surface area contributed by atoms with Crippen LogP contribution >= 0.6 is 0 Å². The first-order valence-electron chi connectivity index (χ1n) is 3.24. The molecule has 0 aliphatic rings. The summed E-state index contributed by atoms with van der Waals surface area (Å²) in [5, 5.41) is 33.7. The Kier molecular flexibility index (Phi) is 4.06. The number of aliphatic hydroxyl groups excluding tert-OH is 1. The first-order chi connectivity index (χ1) is 4.95. The summed E-state index contributed by atoms with van der Waals surface area (Å²) < 4.78 is 0. The maximum absolute atomic E-state index is 8.43. The van der Waals surface area contributed by atoms with Crippen molar-refractivity contribution in [3.05, 3.63) is 23.7 Å². The smallest absolute Gasteiger partial charge is 0.395 e. The Morgan fingerprint density at radius 1 is 1.36 bits per heavy atom. The fourth-order valence-electron chi connectivity index (χ4n) is 0.493. The minimum atomic E-state index is -3.35. The quantitative estimate of drug-likeness (QED) is 0.312. The molecular weight excluding hydrogens is 147 g/mol. The minimum Gasteiger partial charge on any atom is -0.556 e. The zero-order valence-electron chi connectivity index (χ0n) is 6.31. The Morgan fingerprint density at radius 3 is 2.27 bits per heavy atom. The molecular formula is C6H12BO4-. The van der Waals surface area contributed by atoms with E-state index in [0.717, 1.165) is 5.98 Å². The summed E-state index contributed by atoms with van der Waals surface area (Å²) in [7, 11) is 0. The Bertz CT molecular complexity index is 168. The van der Waals surface area contributed by atoms with Crippen LogP contribution in [-0.4, -0.2) is 33.5 Å². The second kappa shape index (κ2) is 4.30. The van der Waals surface area contributed by atoms with E-state index in [1.165, 1.54) is 12.2 Å². The van der Waals surface area contributed by atoms with Gasteiger partial charge in [0.2, 0.25) is 0 Å². The molecule has 0 aromatic carbocycles. The van der Waals surface area contributed by atoms with Crippen LogP contribution in [0.25, 0.3) is 0 Å². The molecule has 0 atom stereocenters. The number of hydrogen-bond donors (Lipinski definition) is 4. The molecule has 0 aromatic heterocycles. The fraction of sp³-hybridized carbons (Fsp3) is 0.333. The molecule has 64 valence electrons. The van der Waals surface area contributed by atoms with Crippen molar-refractivity contribution in [2.45, 2.75) is 6.92 Å². The van der Waals surface area contributed by atoms with Crippen LogP contribution in [0.3, 0.4) is 0 Å². The van der Waals surface area contributed by atoms with E-state index in [9.17, 15) is 0 Å². The lowest BCUT2D eigenvalue weighted by Crippen LogP contribution is -2.31. The molecule has 0 aliphatic carbocycles. The lowest BCUT2D eigenvalue weighted by Gasteiger charge is -2.14. The molecule has 5 heteroatoms. The van der Waals surface area contributed by atoms with Gasteiger partial charge in [-0.1, -0.05) is 17.7 Å². The normalized spacial score (nSPS) is 14.5. The first kappa shape index (κ1) is 10.4. The highest BCUT2D eigenvalue weighted by atomic mass is 16.5. The van der Waals surface area contributed by atoms with Crippen LogP contribution in [-0.2, 0) is 0 Å². The zero-order valence-corrected chi connectivity index (χ0v) is 6.31. The summed E-state index contributed by atoms with van der Waals surface area (Å²) in [5.41, 5.74) is 0.649. The average molecular weight is 159 g/mol. The van der Waals surface area contributed by atoms with Gasteiger partial charge in [0.1, 0.15) is 0 Å². The van der Waals surface area contributed by atoms with Crippen molar-refractivity contribution in [1.82, 2.24) is 0 Å². The topological polar surface area (TPSA) is 80.9 Å². The molecule has 0 rings (SSSR count). The molecule has 0 saturated carbocycles. The molecule has 11 heavy (non-hydrogen) atoms. The lowest BCUT2D eigenvalue weighted by molar-refractivity contribution is 0.247. The van der Waals surface area contributed by atoms with Crippen molar-refractivity contribution in [1.29, 1.82) is 0 Å². The molecule has 4 nitrogen and oxygen atoms in total. The Hall–Kier alpha value is -0.615. The summed E-state index contributed by atoms with van der Waals surface area (Å²) in [6.07, 6.45) is 2.79. The molecule has 0 unspecified atom stereocenters. The van der Waals surface area contributed by atoms with E-state index in [1.807, 2.05) is 0 Å². The van der Waals surface area contributed by atoms with Crippen LogP contribution in [0.5, 0.6) is 0 Å². The highest BCUT2D eigenvalue weighted by Gasteiger charge is 2.07. The van der Waals surface area contributed by atoms with Crippen LogP contribution in [0.1, 0.15) is 6.92 Å². The van der Waals surface area contributed by atoms with Crippen molar-refractivity contribution in [3.63, 3.8) is 0 Å². The number of aliphatic hydroxyl groups is 1. The van der Waals surface area contributed by atoms with Crippen LogP contribution in [0.15, 0.2) is 23.7 Å². The summed E-state index contributed by atoms with van der Waals surface area (Å²) in [6.45, 7) is -1.80. The highest BCUT2D eigenvalue weighted by Crippen LogP contribution is 1.96. The molecule has 0 saturated heterocycles. The van der Waals surface area contributed by atoms with Gasteiger partial charge in [-0.25, -0.2) is 0 Å². The van der Waals surface area contributed by atoms with Crippen molar-refractivity contribution < 1.29 is 20.2 Å². The van der Waals surface area contributed by atoms with Crippen LogP contribution in [0.2, 0.25) is 0 Å². The highest BCUT2D eigenvalue weighted by molar-refractivity contribution is 6.62. The second-order valence-corrected chi connectivity index (χ2v) is 2.28. The van der Waals surface area contributed by atoms with Gasteiger partial charge < -0.3 is 20.2 Å². The van der Waals surface area contributed by atoms with Gasteiger partial charge in [0.25, 0.3) is 0 Å². The van der Waals surface area contributed by atoms with Gasteiger partial charge in [-0.2, -0.15) is 5.98 Å². The predicted octanol–water partition coefficient (Wildman–Crippen LogP) is -1.06. The third-order valence-corrected chi connectivity index (χ3v) is 1.03. The van der Waals surface area contributed by atoms with Crippen LogP contribution in [0.4, 0.5) is 0 Å². The molecule has 0 spiro atoms. The Labute approximate surface area is 65.1 Å². The van der Waals surface area contributed by atoms with Gasteiger partial charge in [0.15, 0.2) is 0 Å². The molecule has 0 amide bonds. The van der Waals surface area contributed by atoms with E-state index in [4.69, 9.17) is 20.2 Å². The lowest BCUT2D eigenvalue weighted by atomic mass is 9.80. The first-order valence-corrected chi connectivity index (χ1v) is 3.24. The van der Waals surface area contributed by atoms with E-state index in [0.29, 0.717) is 5.57 Å². The van der Waals surface area contributed by atoms with Gasteiger partial charge in [-0.15, -0.1) is 0 Å². The van der Waals surface area contributed by atoms with Gasteiger partial charge in [-0.3, -0.25) is 0 Å². The summed E-state index contributed by atoms with van der Waals surface area (Å²) in [6, 6.07) is 0. The van der Waals surface area contributed by atoms with Gasteiger partial charge >= 0.3 is 6.75 Å². The molecule has 0 radical (unpaired) electrons. The summed E-state index contributed by atoms with van der Waals surface area (Å²) in [5.74, 6) is 0.863. The van der Waals surface area contributed by atoms with Gasteiger partial charge in [0, 0.05) is 0 Å². The maximum Gasteiger partial charge on any atom is 0.395 e. The average Bonchev–Trinajstić information content (AvgIpc) is 1.83. The number of allylic oxidation sites excluding steroid dienone is 2. The predicted molar refractivity (Wildman–Crippen MR) is 42.4 cm³/mol. The maximum atomic E-state index is 8.43. The largest absolute Gasteiger partial charge is 0.556 e. The molecule has 4 N–H and O–H groups in total. The fourth-order valence-corrected chi connectivity index (χ4v) is 0.493. The van der Waals surface area contributed by atoms with Crippen molar-refractivity contribution in [2.75, 3.05) is 6.61 Å². The third-order valence-electron chi connectivity index (χ3n) is 1.03. The van der Waals surface area contributed by atoms with E-state index in [2.05, 4.69) is 0 Å². The van der Waals surface area contributed by atoms with Crippen molar-refractivity contribution in [2.24, 2.45) is 0 Å². The Morgan fingerprint density at radius 2 is 1.91 bits per heavy atom. The van der Waals surface area contributed by atoms with Gasteiger partial charge in [-0.05, 0) is 6.92 Å². The zero-order chi connectivity index (χ0) is 8.91. The SMILES string of the molecule is CC(/C=C/[B-](O)(O)O)=C\CO. The van der Waals surface area contributed by atoms with Crippen LogP contribution < -0.4 is 0 Å². The summed E-state index contributed by atoms with van der Waals surface area (Å²) >= 11 is 0. The minimum absolute atomic E-state index is 0.113. The van der Waals surface area contributed by atoms with Crippen molar-refractivity contribution >= 4 is 6.75 Å².